The summed E-state index contributed by atoms with van der Waals surface area (Å²) in [6.45, 7) is 0. The molecular weight excluding hydrogens is 302 g/mol. The molecule has 1 atom stereocenters. The van der Waals surface area contributed by atoms with E-state index in [1.54, 1.807) is 18.2 Å². The molecule has 0 fully saturated rings. The summed E-state index contributed by atoms with van der Waals surface area (Å²) in [5.74, 6) is 0. The molecule has 0 saturated carbocycles. The molecule has 0 radical (unpaired) electrons. The van der Waals surface area contributed by atoms with Gasteiger partial charge in [-0.05, 0) is 34.7 Å². The minimum atomic E-state index is -1.85. The molecule has 1 rings (SSSR count). The summed E-state index contributed by atoms with van der Waals surface area (Å²) in [5.41, 5.74) is 0. The van der Waals surface area contributed by atoms with Gasteiger partial charge in [0.1, 0.15) is 0 Å². The van der Waals surface area contributed by atoms with Crippen LogP contribution in [0.3, 0.4) is 0 Å². The second-order valence-electron chi connectivity index (χ2n) is 1.68. The molecule has 11 heavy (non-hydrogen) atoms. The Balaban J connectivity index is 0.000001000. The van der Waals surface area contributed by atoms with Crippen LogP contribution in [0.1, 0.15) is 0 Å². The van der Waals surface area contributed by atoms with Crippen LogP contribution in [0.5, 0.6) is 0 Å². The first-order chi connectivity index (χ1) is 4.72. The molecule has 0 saturated heterocycles. The summed E-state index contributed by atoms with van der Waals surface area (Å²) in [6.07, 6.45) is 0. The zero-order chi connectivity index (χ0) is 7.56. The normalized spacial score (nSPS) is 11.8. The van der Waals surface area contributed by atoms with Crippen LogP contribution in [-0.4, -0.2) is 60.1 Å². The number of halogens is 1. The molecule has 1 aromatic rings. The Hall–Kier alpha value is 1.70. The Kier molecular flexibility index (Phi) is 7.15. The van der Waals surface area contributed by atoms with Crippen LogP contribution in [0.2, 0.25) is 0 Å². The fourth-order valence-electron chi connectivity index (χ4n) is 0.586. The summed E-state index contributed by atoms with van der Waals surface area (Å²) < 4.78 is 20.0. The summed E-state index contributed by atoms with van der Waals surface area (Å²) in [7, 11) is 0. The van der Waals surface area contributed by atoms with Gasteiger partial charge < -0.3 is 4.55 Å². The van der Waals surface area contributed by atoms with Crippen molar-refractivity contribution in [2.75, 3.05) is 0 Å². The number of hydrogen-bond acceptors (Lipinski definition) is 1. The molecule has 5 heteroatoms. The summed E-state index contributed by atoms with van der Waals surface area (Å²) in [4.78, 5) is 0.475. The van der Waals surface area contributed by atoms with Crippen LogP contribution < -0.4 is 0 Å². The molecule has 0 aliphatic heterocycles. The van der Waals surface area contributed by atoms with E-state index < -0.39 is 11.1 Å². The van der Waals surface area contributed by atoms with Crippen molar-refractivity contribution in [3.05, 3.63) is 27.8 Å². The van der Waals surface area contributed by atoms with E-state index >= 15 is 0 Å². The molecule has 0 bridgehead atoms. The molecular formula is C6H6IKO2S. The summed E-state index contributed by atoms with van der Waals surface area (Å²) in [6, 6.07) is 7.01. The Morgan fingerprint density at radius 1 is 1.36 bits per heavy atom. The third kappa shape index (κ3) is 3.94. The third-order valence-electron chi connectivity index (χ3n) is 1.02. The monoisotopic (exact) mass is 308 g/mol. The van der Waals surface area contributed by atoms with Crippen LogP contribution in [-0.2, 0) is 11.1 Å². The van der Waals surface area contributed by atoms with Gasteiger partial charge in [0.05, 0.1) is 4.90 Å². The number of rotatable bonds is 1. The molecule has 0 aliphatic rings. The quantitative estimate of drug-likeness (QED) is 0.481. The van der Waals surface area contributed by atoms with E-state index in [9.17, 15) is 4.21 Å². The SMILES string of the molecule is O=S(O)c1ccccc1I.[KH]. The van der Waals surface area contributed by atoms with Crippen LogP contribution >= 0.6 is 22.6 Å². The van der Waals surface area contributed by atoms with Gasteiger partial charge in [0.2, 0.25) is 0 Å². The molecule has 0 amide bonds. The van der Waals surface area contributed by atoms with Crippen LogP contribution in [0, 0.1) is 3.57 Å². The van der Waals surface area contributed by atoms with Crippen molar-refractivity contribution in [1.82, 2.24) is 0 Å². The van der Waals surface area contributed by atoms with Crippen LogP contribution in [0.4, 0.5) is 0 Å². The van der Waals surface area contributed by atoms with Crippen LogP contribution in [0.25, 0.3) is 0 Å². The molecule has 56 valence electrons. The van der Waals surface area contributed by atoms with Crippen molar-refractivity contribution >= 4 is 85.1 Å². The van der Waals surface area contributed by atoms with E-state index in [2.05, 4.69) is 0 Å². The van der Waals surface area contributed by atoms with Gasteiger partial charge in [-0.15, -0.1) is 0 Å². The van der Waals surface area contributed by atoms with Gasteiger partial charge in [-0.1, -0.05) is 12.1 Å². The molecule has 0 spiro atoms. The first kappa shape index (κ1) is 12.7. The zero-order valence-corrected chi connectivity index (χ0v) is 7.93. The van der Waals surface area contributed by atoms with Crippen molar-refractivity contribution in [1.29, 1.82) is 0 Å². The predicted octanol–water partition coefficient (Wildman–Crippen LogP) is 1.22. The third-order valence-corrected chi connectivity index (χ3v) is 3.06. The number of benzene rings is 1. The maximum absolute atomic E-state index is 10.5. The standard InChI is InChI=1S/C6H5IO2S.K.H/c7-5-3-1-2-4-6(5)10(8)9;;/h1-4H,(H,8,9);;. The van der Waals surface area contributed by atoms with Crippen molar-refractivity contribution in [3.8, 4) is 0 Å². The Labute approximate surface area is 124 Å². The minimum absolute atomic E-state index is 0. The van der Waals surface area contributed by atoms with Crippen LogP contribution in [0.15, 0.2) is 29.2 Å². The average Bonchev–Trinajstić information content (AvgIpc) is 1.88. The van der Waals surface area contributed by atoms with Crippen molar-refractivity contribution in [3.63, 3.8) is 0 Å². The van der Waals surface area contributed by atoms with Crippen molar-refractivity contribution in [2.24, 2.45) is 0 Å². The molecule has 0 aliphatic carbocycles. The predicted molar refractivity (Wildman–Crippen MR) is 55.3 cm³/mol. The van der Waals surface area contributed by atoms with Gasteiger partial charge >= 0.3 is 51.4 Å². The van der Waals surface area contributed by atoms with Gasteiger partial charge in [-0.2, -0.15) is 0 Å². The van der Waals surface area contributed by atoms with Crippen molar-refractivity contribution in [2.45, 2.75) is 4.90 Å². The maximum atomic E-state index is 10.5. The van der Waals surface area contributed by atoms with E-state index in [-0.39, 0.29) is 51.4 Å². The fourth-order valence-corrected chi connectivity index (χ4v) is 1.97. The molecule has 1 N–H and O–H groups in total. The van der Waals surface area contributed by atoms with Gasteiger partial charge in [-0.3, -0.25) is 0 Å². The van der Waals surface area contributed by atoms with E-state index in [0.717, 1.165) is 3.57 Å². The number of hydrogen-bond donors (Lipinski definition) is 1. The fraction of sp³-hybridized carbons (Fsp3) is 0. The van der Waals surface area contributed by atoms with E-state index in [0.29, 0.717) is 4.90 Å². The van der Waals surface area contributed by atoms with Gasteiger partial charge in [0.25, 0.3) is 0 Å². The summed E-state index contributed by atoms with van der Waals surface area (Å²) >= 11 is 0.175. The van der Waals surface area contributed by atoms with Gasteiger partial charge in [-0.25, -0.2) is 4.21 Å². The molecule has 1 aromatic carbocycles. The Morgan fingerprint density at radius 3 is 2.27 bits per heavy atom. The first-order valence-electron chi connectivity index (χ1n) is 2.57. The van der Waals surface area contributed by atoms with E-state index in [1.807, 2.05) is 28.7 Å². The average molecular weight is 308 g/mol. The Bertz CT molecular complexity index is 267. The molecule has 0 heterocycles. The second kappa shape index (κ2) is 6.20. The topological polar surface area (TPSA) is 37.3 Å². The molecule has 0 aromatic heterocycles. The summed E-state index contributed by atoms with van der Waals surface area (Å²) in [5, 5.41) is 0. The Morgan fingerprint density at radius 2 is 1.91 bits per heavy atom. The van der Waals surface area contributed by atoms with E-state index in [4.69, 9.17) is 4.55 Å². The van der Waals surface area contributed by atoms with Gasteiger partial charge in [0.15, 0.2) is 11.1 Å². The van der Waals surface area contributed by atoms with Gasteiger partial charge in [0, 0.05) is 3.57 Å². The zero-order valence-electron chi connectivity index (χ0n) is 4.95. The first-order valence-corrected chi connectivity index (χ1v) is 4.76. The van der Waals surface area contributed by atoms with E-state index in [1.165, 1.54) is 0 Å². The molecule has 1 unspecified atom stereocenters. The van der Waals surface area contributed by atoms with Crippen molar-refractivity contribution < 1.29 is 8.76 Å². The second-order valence-corrected chi connectivity index (χ2v) is 3.78. The molecule has 2 nitrogen and oxygen atoms in total.